The van der Waals surface area contributed by atoms with Gasteiger partial charge in [-0.3, -0.25) is 0 Å². The van der Waals surface area contributed by atoms with Crippen LogP contribution in [0.5, 0.6) is 0 Å². The van der Waals surface area contributed by atoms with Gasteiger partial charge in [0, 0.05) is 32.2 Å². The number of rotatable bonds is 4. The molecule has 1 aromatic heterocycles. The monoisotopic (exact) mass is 362 g/mol. The summed E-state index contributed by atoms with van der Waals surface area (Å²) in [5.74, 6) is 2.09. The highest BCUT2D eigenvalue weighted by Crippen LogP contribution is 2.33. The van der Waals surface area contributed by atoms with Crippen molar-refractivity contribution in [2.75, 3.05) is 42.1 Å². The molecule has 0 aliphatic carbocycles. The molecule has 2 fully saturated rings. The summed E-state index contributed by atoms with van der Waals surface area (Å²) in [6.07, 6.45) is 2.18. The van der Waals surface area contributed by atoms with Crippen LogP contribution < -0.4 is 16.0 Å². The molecule has 3 heterocycles. The first-order valence-electron chi connectivity index (χ1n) is 9.36. The number of nitrogen functional groups attached to an aromatic ring is 1. The number of carbonyl (C=O) groups is 1. The van der Waals surface area contributed by atoms with E-state index in [1.54, 1.807) is 4.90 Å². The van der Waals surface area contributed by atoms with Crippen LogP contribution >= 0.6 is 0 Å². The molecule has 8 heteroatoms. The molecule has 0 spiro atoms. The number of aromatic nitrogens is 2. The van der Waals surface area contributed by atoms with Crippen molar-refractivity contribution < 1.29 is 9.90 Å². The summed E-state index contributed by atoms with van der Waals surface area (Å²) in [4.78, 5) is 23.9. The van der Waals surface area contributed by atoms with Crippen LogP contribution in [-0.4, -0.2) is 58.3 Å². The van der Waals surface area contributed by atoms with Gasteiger partial charge in [-0.2, -0.15) is 9.97 Å². The van der Waals surface area contributed by atoms with E-state index in [2.05, 4.69) is 41.0 Å². The van der Waals surface area contributed by atoms with E-state index in [1.807, 2.05) is 6.07 Å². The van der Waals surface area contributed by atoms with Crippen molar-refractivity contribution >= 4 is 23.7 Å². The number of nitrogens with zero attached hydrogens (tertiary/aromatic N) is 4. The summed E-state index contributed by atoms with van der Waals surface area (Å²) in [5.41, 5.74) is 6.16. The van der Waals surface area contributed by atoms with Crippen molar-refractivity contribution in [2.45, 2.75) is 46.1 Å². The van der Waals surface area contributed by atoms with Crippen LogP contribution in [0.4, 0.5) is 22.4 Å². The van der Waals surface area contributed by atoms with Crippen molar-refractivity contribution in [1.82, 2.24) is 14.9 Å². The van der Waals surface area contributed by atoms with Crippen LogP contribution in [0, 0.1) is 11.3 Å². The van der Waals surface area contributed by atoms with Gasteiger partial charge in [-0.15, -0.1) is 0 Å². The van der Waals surface area contributed by atoms with Gasteiger partial charge >= 0.3 is 6.09 Å². The third-order valence-electron chi connectivity index (χ3n) is 5.26. The van der Waals surface area contributed by atoms with Crippen LogP contribution in [-0.2, 0) is 0 Å². The summed E-state index contributed by atoms with van der Waals surface area (Å²) in [6.45, 7) is 9.52. The van der Waals surface area contributed by atoms with Crippen molar-refractivity contribution in [3.63, 3.8) is 0 Å². The Balaban J connectivity index is 1.70. The van der Waals surface area contributed by atoms with Gasteiger partial charge in [0.15, 0.2) is 0 Å². The number of carboxylic acid groups (broad SMARTS) is 1. The lowest BCUT2D eigenvalue weighted by Crippen LogP contribution is -2.47. The van der Waals surface area contributed by atoms with E-state index in [4.69, 9.17) is 5.73 Å². The van der Waals surface area contributed by atoms with Crippen LogP contribution in [0.15, 0.2) is 6.07 Å². The second-order valence-electron chi connectivity index (χ2n) is 8.56. The molecule has 0 saturated carbocycles. The lowest BCUT2D eigenvalue weighted by Gasteiger charge is -2.34. The highest BCUT2D eigenvalue weighted by atomic mass is 16.4. The summed E-state index contributed by atoms with van der Waals surface area (Å²) < 4.78 is 0. The van der Waals surface area contributed by atoms with Gasteiger partial charge in [0.2, 0.25) is 5.95 Å². The van der Waals surface area contributed by atoms with Gasteiger partial charge in [-0.25, -0.2) is 4.79 Å². The molecule has 1 amide bonds. The first kappa shape index (κ1) is 18.5. The lowest BCUT2D eigenvalue weighted by molar-refractivity contribution is 0.0965. The summed E-state index contributed by atoms with van der Waals surface area (Å²) in [7, 11) is 0. The van der Waals surface area contributed by atoms with Gasteiger partial charge < -0.3 is 26.0 Å². The fraction of sp³-hybridized carbons (Fsp3) is 0.722. The van der Waals surface area contributed by atoms with E-state index in [-0.39, 0.29) is 17.4 Å². The maximum absolute atomic E-state index is 11.5. The molecular formula is C18H30N6O2. The number of amides is 1. The summed E-state index contributed by atoms with van der Waals surface area (Å²) in [5, 5.41) is 12.8. The predicted octanol–water partition coefficient (Wildman–Crippen LogP) is 2.49. The third-order valence-corrected chi connectivity index (χ3v) is 5.26. The molecule has 0 radical (unpaired) electrons. The molecule has 26 heavy (non-hydrogen) atoms. The average Bonchev–Trinajstić information content (AvgIpc) is 2.97. The van der Waals surface area contributed by atoms with Crippen molar-refractivity contribution in [2.24, 2.45) is 11.3 Å². The number of hydrogen-bond donors (Lipinski definition) is 3. The zero-order valence-electron chi connectivity index (χ0n) is 15.9. The fourth-order valence-electron chi connectivity index (χ4n) is 3.88. The second-order valence-corrected chi connectivity index (χ2v) is 8.56. The Labute approximate surface area is 154 Å². The molecule has 8 nitrogen and oxygen atoms in total. The predicted molar refractivity (Wildman–Crippen MR) is 102 cm³/mol. The molecular weight excluding hydrogens is 332 g/mol. The zero-order chi connectivity index (χ0) is 18.9. The third kappa shape index (κ3) is 4.28. The Hall–Kier alpha value is -2.25. The zero-order valence-corrected chi connectivity index (χ0v) is 15.9. The molecule has 4 N–H and O–H groups in total. The number of fused-ring (bicyclic) bond motifs is 1. The van der Waals surface area contributed by atoms with Crippen molar-refractivity contribution in [3.8, 4) is 0 Å². The molecule has 0 aromatic carbocycles. The van der Waals surface area contributed by atoms with Crippen LogP contribution in [0.1, 0.15) is 40.0 Å². The molecule has 144 valence electrons. The second kappa shape index (κ2) is 7.17. The average molecular weight is 362 g/mol. The van der Waals surface area contributed by atoms with Gasteiger partial charge in [0.05, 0.1) is 6.04 Å². The van der Waals surface area contributed by atoms with Crippen molar-refractivity contribution in [3.05, 3.63) is 6.07 Å². The van der Waals surface area contributed by atoms with Crippen LogP contribution in [0.25, 0.3) is 0 Å². The molecule has 2 aliphatic rings. The minimum absolute atomic E-state index is 0.0368. The maximum Gasteiger partial charge on any atom is 0.407 e. The Morgan fingerprint density at radius 1 is 1.38 bits per heavy atom. The number of likely N-dealkylation sites (tertiary alicyclic amines) is 1. The molecule has 2 aliphatic heterocycles. The molecule has 2 atom stereocenters. The standard InChI is InChI=1S/C18H30N6O2/c1-18(2,3)6-7-20-14-9-15(22-16(19)21-14)23-10-12-5-4-8-24(17(25)26)13(12)11-23/h9,12-13H,4-8,10-11H2,1-3H3,(H,25,26)(H3,19,20,21,22)/t12-,13+/m1/s1. The van der Waals surface area contributed by atoms with E-state index < -0.39 is 6.09 Å². The van der Waals surface area contributed by atoms with E-state index in [0.29, 0.717) is 19.0 Å². The number of nitrogens with one attached hydrogen (secondary N) is 1. The Morgan fingerprint density at radius 3 is 2.85 bits per heavy atom. The topological polar surface area (TPSA) is 108 Å². The Kier molecular flexibility index (Phi) is 5.11. The molecule has 0 bridgehead atoms. The van der Waals surface area contributed by atoms with E-state index in [9.17, 15) is 9.90 Å². The summed E-state index contributed by atoms with van der Waals surface area (Å²) >= 11 is 0. The van der Waals surface area contributed by atoms with Gasteiger partial charge in [0.1, 0.15) is 11.6 Å². The SMILES string of the molecule is CC(C)(C)CCNc1cc(N2C[C@H]3CCCN(C(=O)O)[C@H]3C2)nc(N)n1. The number of anilines is 3. The van der Waals surface area contributed by atoms with E-state index >= 15 is 0 Å². The first-order chi connectivity index (χ1) is 12.2. The Morgan fingerprint density at radius 2 is 2.15 bits per heavy atom. The number of piperidine rings is 1. The minimum atomic E-state index is -0.826. The largest absolute Gasteiger partial charge is 0.465 e. The smallest absolute Gasteiger partial charge is 0.407 e. The molecule has 2 saturated heterocycles. The molecule has 1 aromatic rings. The number of nitrogens with two attached hydrogens (primary N) is 1. The maximum atomic E-state index is 11.5. The van der Waals surface area contributed by atoms with Crippen molar-refractivity contribution in [1.29, 1.82) is 0 Å². The Bertz CT molecular complexity index is 660. The van der Waals surface area contributed by atoms with Crippen LogP contribution in [0.2, 0.25) is 0 Å². The lowest BCUT2D eigenvalue weighted by atomic mass is 9.92. The normalized spacial score (nSPS) is 23.0. The fourth-order valence-corrected chi connectivity index (χ4v) is 3.88. The summed E-state index contributed by atoms with van der Waals surface area (Å²) in [6, 6.07) is 1.95. The molecule has 3 rings (SSSR count). The minimum Gasteiger partial charge on any atom is -0.465 e. The first-order valence-corrected chi connectivity index (χ1v) is 9.36. The highest BCUT2D eigenvalue weighted by Gasteiger charge is 2.41. The number of hydrogen-bond acceptors (Lipinski definition) is 6. The van der Waals surface area contributed by atoms with Crippen LogP contribution in [0.3, 0.4) is 0 Å². The molecule has 0 unspecified atom stereocenters. The van der Waals surface area contributed by atoms with E-state index in [1.165, 1.54) is 0 Å². The highest BCUT2D eigenvalue weighted by molar-refractivity contribution is 5.66. The van der Waals surface area contributed by atoms with Gasteiger partial charge in [-0.1, -0.05) is 20.8 Å². The van der Waals surface area contributed by atoms with Gasteiger partial charge in [0.25, 0.3) is 0 Å². The quantitative estimate of drug-likeness (QED) is 0.755. The van der Waals surface area contributed by atoms with E-state index in [0.717, 1.165) is 44.0 Å². The van der Waals surface area contributed by atoms with Gasteiger partial charge in [-0.05, 0) is 30.6 Å².